The molecule has 2 heterocycles. The van der Waals surface area contributed by atoms with Crippen molar-refractivity contribution in [2.24, 2.45) is 0 Å². The van der Waals surface area contributed by atoms with Gasteiger partial charge in [0.15, 0.2) is 16.9 Å². The van der Waals surface area contributed by atoms with Crippen molar-refractivity contribution < 1.29 is 18.7 Å². The molecule has 0 saturated carbocycles. The Kier molecular flexibility index (Phi) is 7.17. The van der Waals surface area contributed by atoms with Crippen LogP contribution >= 0.6 is 0 Å². The first-order chi connectivity index (χ1) is 16.8. The number of aryl methyl sites for hydroxylation is 2. The van der Waals surface area contributed by atoms with Crippen molar-refractivity contribution in [3.05, 3.63) is 68.6 Å². The second-order valence-corrected chi connectivity index (χ2v) is 9.24. The van der Waals surface area contributed by atoms with Crippen molar-refractivity contribution in [3.8, 4) is 11.5 Å². The molecule has 35 heavy (non-hydrogen) atoms. The van der Waals surface area contributed by atoms with Crippen LogP contribution < -0.4 is 14.9 Å². The number of benzene rings is 2. The van der Waals surface area contributed by atoms with Gasteiger partial charge in [-0.1, -0.05) is 6.07 Å². The average molecular weight is 479 g/mol. The largest absolute Gasteiger partial charge is 0.490 e. The molecule has 7 heteroatoms. The van der Waals surface area contributed by atoms with E-state index in [2.05, 4.69) is 4.90 Å². The lowest BCUT2D eigenvalue weighted by Crippen LogP contribution is -2.32. The molecular formula is C28H34N2O5. The van der Waals surface area contributed by atoms with Crippen LogP contribution in [0.25, 0.3) is 11.0 Å². The summed E-state index contributed by atoms with van der Waals surface area (Å²) in [6, 6.07) is 8.77. The van der Waals surface area contributed by atoms with E-state index in [1.165, 1.54) is 0 Å². The van der Waals surface area contributed by atoms with Gasteiger partial charge in [-0.2, -0.15) is 0 Å². The zero-order valence-corrected chi connectivity index (χ0v) is 21.4. The maximum atomic E-state index is 13.8. The third-order valence-corrected chi connectivity index (χ3v) is 6.47. The van der Waals surface area contributed by atoms with Crippen molar-refractivity contribution in [2.45, 2.75) is 40.2 Å². The SMILES string of the molecule is CCOc1ccc([C@H]2c3c(oc4cc(C)c(C)cc4c3=O)C(=O)N2CCCN(C)C)cc1OCC. The molecule has 1 aliphatic rings. The predicted molar refractivity (Wildman–Crippen MR) is 137 cm³/mol. The first kappa shape index (κ1) is 24.8. The Labute approximate surface area is 206 Å². The number of ether oxygens (including phenoxy) is 2. The number of amides is 1. The topological polar surface area (TPSA) is 72.2 Å². The Morgan fingerprint density at radius 2 is 1.66 bits per heavy atom. The number of carbonyl (C=O) groups is 1. The molecule has 2 aromatic carbocycles. The van der Waals surface area contributed by atoms with Crippen LogP contribution in [0, 0.1) is 13.8 Å². The van der Waals surface area contributed by atoms with E-state index < -0.39 is 6.04 Å². The summed E-state index contributed by atoms with van der Waals surface area (Å²) >= 11 is 0. The van der Waals surface area contributed by atoms with E-state index in [1.54, 1.807) is 4.90 Å². The quantitative estimate of drug-likeness (QED) is 0.444. The van der Waals surface area contributed by atoms with E-state index in [0.29, 0.717) is 47.8 Å². The minimum Gasteiger partial charge on any atom is -0.490 e. The molecule has 0 aliphatic carbocycles. The molecule has 3 aromatic rings. The minimum absolute atomic E-state index is 0.132. The van der Waals surface area contributed by atoms with Crippen LogP contribution in [0.1, 0.15) is 59.1 Å². The molecule has 1 aliphatic heterocycles. The van der Waals surface area contributed by atoms with Gasteiger partial charge in [0, 0.05) is 6.54 Å². The third-order valence-electron chi connectivity index (χ3n) is 6.47. The molecule has 186 valence electrons. The van der Waals surface area contributed by atoms with E-state index in [4.69, 9.17) is 13.9 Å². The van der Waals surface area contributed by atoms with Crippen LogP contribution in [0.5, 0.6) is 11.5 Å². The number of fused-ring (bicyclic) bond motifs is 2. The zero-order valence-electron chi connectivity index (χ0n) is 21.4. The highest BCUT2D eigenvalue weighted by Crippen LogP contribution is 2.41. The first-order valence-electron chi connectivity index (χ1n) is 12.2. The number of hydrogen-bond acceptors (Lipinski definition) is 6. The molecule has 0 fully saturated rings. The molecule has 0 radical (unpaired) electrons. The van der Waals surface area contributed by atoms with E-state index >= 15 is 0 Å². The lowest BCUT2D eigenvalue weighted by molar-refractivity contribution is 0.0722. The molecule has 1 atom stereocenters. The van der Waals surface area contributed by atoms with Gasteiger partial charge in [0.25, 0.3) is 5.91 Å². The summed E-state index contributed by atoms with van der Waals surface area (Å²) in [6.07, 6.45) is 0.768. The summed E-state index contributed by atoms with van der Waals surface area (Å²) in [4.78, 5) is 31.3. The molecule has 0 unspecified atom stereocenters. The van der Waals surface area contributed by atoms with Crippen LogP contribution in [-0.4, -0.2) is 56.1 Å². The minimum atomic E-state index is -0.559. The smallest absolute Gasteiger partial charge is 0.290 e. The molecule has 7 nitrogen and oxygen atoms in total. The highest BCUT2D eigenvalue weighted by atomic mass is 16.5. The van der Waals surface area contributed by atoms with Gasteiger partial charge in [0.1, 0.15) is 5.58 Å². The van der Waals surface area contributed by atoms with Gasteiger partial charge < -0.3 is 23.7 Å². The van der Waals surface area contributed by atoms with Crippen molar-refractivity contribution in [2.75, 3.05) is 40.4 Å². The van der Waals surface area contributed by atoms with Gasteiger partial charge in [-0.3, -0.25) is 9.59 Å². The van der Waals surface area contributed by atoms with Crippen LogP contribution in [0.3, 0.4) is 0 Å². The van der Waals surface area contributed by atoms with Gasteiger partial charge in [-0.25, -0.2) is 0 Å². The van der Waals surface area contributed by atoms with Gasteiger partial charge >= 0.3 is 0 Å². The lowest BCUT2D eigenvalue weighted by atomic mass is 9.97. The second-order valence-electron chi connectivity index (χ2n) is 9.24. The van der Waals surface area contributed by atoms with Crippen LogP contribution in [-0.2, 0) is 0 Å². The fourth-order valence-corrected chi connectivity index (χ4v) is 4.65. The van der Waals surface area contributed by atoms with E-state index in [9.17, 15) is 9.59 Å². The standard InChI is InChI=1S/C28H34N2O5/c1-7-33-21-11-10-19(16-23(21)34-8-2)25-24-26(31)20-14-17(3)18(4)15-22(20)35-27(24)28(32)30(25)13-9-12-29(5)6/h10-11,14-16,25H,7-9,12-13H2,1-6H3/t25-/m0/s1. The molecule has 0 spiro atoms. The van der Waals surface area contributed by atoms with Crippen molar-refractivity contribution in [1.29, 1.82) is 0 Å². The van der Waals surface area contributed by atoms with Crippen molar-refractivity contribution >= 4 is 16.9 Å². The molecule has 0 bridgehead atoms. The summed E-state index contributed by atoms with van der Waals surface area (Å²) in [5.41, 5.74) is 3.49. The van der Waals surface area contributed by atoms with Crippen molar-refractivity contribution in [1.82, 2.24) is 9.80 Å². The monoisotopic (exact) mass is 478 g/mol. The Bertz CT molecular complexity index is 1310. The van der Waals surface area contributed by atoms with Gasteiger partial charge in [-0.05, 0) is 95.7 Å². The van der Waals surface area contributed by atoms with Crippen LogP contribution in [0.2, 0.25) is 0 Å². The Hall–Kier alpha value is -3.32. The Balaban J connectivity index is 1.90. The maximum absolute atomic E-state index is 13.8. The zero-order chi connectivity index (χ0) is 25.3. The summed E-state index contributed by atoms with van der Waals surface area (Å²) in [6.45, 7) is 10.1. The first-order valence-corrected chi connectivity index (χ1v) is 12.2. The fraction of sp³-hybridized carbons (Fsp3) is 0.429. The highest BCUT2D eigenvalue weighted by Gasteiger charge is 2.42. The van der Waals surface area contributed by atoms with Crippen LogP contribution in [0.4, 0.5) is 0 Å². The molecule has 1 amide bonds. The third kappa shape index (κ3) is 4.65. The van der Waals surface area contributed by atoms with Gasteiger partial charge in [-0.15, -0.1) is 0 Å². The molecule has 0 N–H and O–H groups in total. The summed E-state index contributed by atoms with van der Waals surface area (Å²) in [7, 11) is 4.00. The number of carbonyl (C=O) groups excluding carboxylic acids is 1. The fourth-order valence-electron chi connectivity index (χ4n) is 4.65. The summed E-state index contributed by atoms with van der Waals surface area (Å²) in [5.74, 6) is 1.11. The lowest BCUT2D eigenvalue weighted by Gasteiger charge is -2.26. The van der Waals surface area contributed by atoms with Crippen molar-refractivity contribution in [3.63, 3.8) is 0 Å². The Morgan fingerprint density at radius 3 is 2.34 bits per heavy atom. The van der Waals surface area contributed by atoms with E-state index in [1.807, 2.05) is 72.1 Å². The second kappa shape index (κ2) is 10.1. The van der Waals surface area contributed by atoms with Gasteiger partial charge in [0.2, 0.25) is 5.76 Å². The number of rotatable bonds is 9. The number of nitrogens with zero attached hydrogens (tertiary/aromatic N) is 2. The van der Waals surface area contributed by atoms with Crippen LogP contribution in [0.15, 0.2) is 39.5 Å². The van der Waals surface area contributed by atoms with E-state index in [-0.39, 0.29) is 17.1 Å². The van der Waals surface area contributed by atoms with Gasteiger partial charge in [0.05, 0.1) is 30.2 Å². The molecule has 1 aromatic heterocycles. The molecular weight excluding hydrogens is 444 g/mol. The summed E-state index contributed by atoms with van der Waals surface area (Å²) in [5, 5.41) is 0.496. The summed E-state index contributed by atoms with van der Waals surface area (Å²) < 4.78 is 17.7. The predicted octanol–water partition coefficient (Wildman–Crippen LogP) is 4.70. The Morgan fingerprint density at radius 1 is 0.971 bits per heavy atom. The maximum Gasteiger partial charge on any atom is 0.290 e. The number of hydrogen-bond donors (Lipinski definition) is 0. The average Bonchev–Trinajstić information content (AvgIpc) is 3.08. The normalized spacial score (nSPS) is 15.2. The highest BCUT2D eigenvalue weighted by molar-refractivity contribution is 5.99. The molecule has 4 rings (SSSR count). The molecule has 0 saturated heterocycles. The van der Waals surface area contributed by atoms with E-state index in [0.717, 1.165) is 29.7 Å².